The van der Waals surface area contributed by atoms with E-state index < -0.39 is 0 Å². The largest absolute Gasteiger partial charge is 0.394 e. The van der Waals surface area contributed by atoms with E-state index in [2.05, 4.69) is 49.3 Å². The van der Waals surface area contributed by atoms with Crippen molar-refractivity contribution in [2.45, 2.75) is 37.8 Å². The van der Waals surface area contributed by atoms with Crippen molar-refractivity contribution >= 4 is 31.9 Å². The number of nitrogens with one attached hydrogen (secondary N) is 1. The minimum absolute atomic E-state index is 0.0421. The first kappa shape index (κ1) is 13.5. The second-order valence-electron chi connectivity index (χ2n) is 4.75. The molecule has 1 saturated carbocycles. The molecule has 1 aromatic rings. The summed E-state index contributed by atoms with van der Waals surface area (Å²) in [6.07, 6.45) is 4.61. The maximum atomic E-state index is 9.51. The first-order valence-electron chi connectivity index (χ1n) is 5.95. The molecule has 0 aliphatic heterocycles. The lowest BCUT2D eigenvalue weighted by Gasteiger charge is -2.28. The minimum Gasteiger partial charge on any atom is -0.394 e. The van der Waals surface area contributed by atoms with E-state index in [9.17, 15) is 5.11 Å². The van der Waals surface area contributed by atoms with Gasteiger partial charge in [0.25, 0.3) is 0 Å². The van der Waals surface area contributed by atoms with E-state index in [1.165, 1.54) is 18.4 Å². The second kappa shape index (κ2) is 5.83. The summed E-state index contributed by atoms with van der Waals surface area (Å²) in [6, 6.07) is 6.25. The van der Waals surface area contributed by atoms with Crippen LogP contribution in [0, 0.1) is 0 Å². The van der Waals surface area contributed by atoms with Crippen molar-refractivity contribution in [3.63, 3.8) is 0 Å². The molecule has 4 heteroatoms. The molecule has 1 aromatic carbocycles. The first-order valence-corrected chi connectivity index (χ1v) is 7.54. The van der Waals surface area contributed by atoms with Gasteiger partial charge in [-0.1, -0.05) is 18.9 Å². The summed E-state index contributed by atoms with van der Waals surface area (Å²) in [7, 11) is 0. The molecule has 0 heterocycles. The lowest BCUT2D eigenvalue weighted by molar-refractivity contribution is 0.163. The molecule has 94 valence electrons. The molecule has 0 saturated heterocycles. The lowest BCUT2D eigenvalue weighted by atomic mass is 9.98. The number of aliphatic hydroxyl groups excluding tert-OH is 1. The first-order chi connectivity index (χ1) is 8.15. The third-order valence-electron chi connectivity index (χ3n) is 3.51. The Kier molecular flexibility index (Phi) is 4.64. The average molecular weight is 363 g/mol. The summed E-state index contributed by atoms with van der Waals surface area (Å²) in [6.45, 7) is 1.05. The molecule has 1 fully saturated rings. The minimum atomic E-state index is -0.0421. The van der Waals surface area contributed by atoms with Crippen molar-refractivity contribution < 1.29 is 5.11 Å². The fourth-order valence-electron chi connectivity index (χ4n) is 2.38. The van der Waals surface area contributed by atoms with Gasteiger partial charge in [-0.3, -0.25) is 0 Å². The van der Waals surface area contributed by atoms with Gasteiger partial charge in [0.05, 0.1) is 6.61 Å². The molecule has 2 nitrogen and oxygen atoms in total. The predicted molar refractivity (Wildman–Crippen MR) is 77.0 cm³/mol. The molecule has 0 atom stereocenters. The summed E-state index contributed by atoms with van der Waals surface area (Å²) in [5.74, 6) is 0. The van der Waals surface area contributed by atoms with Gasteiger partial charge in [-0.2, -0.15) is 0 Å². The monoisotopic (exact) mass is 361 g/mol. The van der Waals surface area contributed by atoms with Crippen LogP contribution in [0.5, 0.6) is 0 Å². The summed E-state index contributed by atoms with van der Waals surface area (Å²) < 4.78 is 2.14. The van der Waals surface area contributed by atoms with Gasteiger partial charge in [-0.25, -0.2) is 0 Å². The molecule has 0 radical (unpaired) electrons. The highest BCUT2D eigenvalue weighted by Gasteiger charge is 2.32. The second-order valence-corrected chi connectivity index (χ2v) is 6.46. The number of halogens is 2. The van der Waals surface area contributed by atoms with E-state index in [4.69, 9.17) is 0 Å². The van der Waals surface area contributed by atoms with E-state index >= 15 is 0 Å². The number of aliphatic hydroxyl groups is 1. The fourth-order valence-corrected chi connectivity index (χ4v) is 3.05. The number of rotatable bonds is 4. The number of benzene rings is 1. The molecule has 0 unspecified atom stereocenters. The Morgan fingerprint density at radius 1 is 1.18 bits per heavy atom. The maximum Gasteiger partial charge on any atom is 0.0613 e. The van der Waals surface area contributed by atoms with Crippen LogP contribution < -0.4 is 5.32 Å². The predicted octanol–water partition coefficient (Wildman–Crippen LogP) is 3.61. The molecule has 0 spiro atoms. The van der Waals surface area contributed by atoms with Crippen molar-refractivity contribution in [3.8, 4) is 0 Å². The quantitative estimate of drug-likeness (QED) is 0.857. The van der Waals surface area contributed by atoms with Gasteiger partial charge in [0, 0.05) is 21.0 Å². The Hall–Kier alpha value is 0.1000. The molecule has 0 amide bonds. The lowest BCUT2D eigenvalue weighted by Crippen LogP contribution is -2.45. The van der Waals surface area contributed by atoms with Crippen LogP contribution in [0.4, 0.5) is 0 Å². The van der Waals surface area contributed by atoms with Gasteiger partial charge < -0.3 is 10.4 Å². The molecule has 2 N–H and O–H groups in total. The van der Waals surface area contributed by atoms with Crippen LogP contribution in [0.3, 0.4) is 0 Å². The zero-order valence-electron chi connectivity index (χ0n) is 9.68. The maximum absolute atomic E-state index is 9.51. The molecule has 2 rings (SSSR count). The normalized spacial score (nSPS) is 18.5. The summed E-state index contributed by atoms with van der Waals surface area (Å²) in [5.41, 5.74) is 1.19. The van der Waals surface area contributed by atoms with E-state index in [0.29, 0.717) is 0 Å². The molecule has 0 aromatic heterocycles. The van der Waals surface area contributed by atoms with Crippen LogP contribution in [-0.2, 0) is 6.54 Å². The summed E-state index contributed by atoms with van der Waals surface area (Å²) >= 11 is 6.97. The molecule has 1 aliphatic carbocycles. The molecular weight excluding hydrogens is 346 g/mol. The van der Waals surface area contributed by atoms with Crippen LogP contribution in [0.25, 0.3) is 0 Å². The van der Waals surface area contributed by atoms with Crippen molar-refractivity contribution in [2.75, 3.05) is 6.61 Å². The smallest absolute Gasteiger partial charge is 0.0613 e. The molecule has 0 bridgehead atoms. The van der Waals surface area contributed by atoms with Crippen LogP contribution >= 0.6 is 31.9 Å². The Labute approximate surface area is 119 Å². The van der Waals surface area contributed by atoms with Crippen molar-refractivity contribution in [2.24, 2.45) is 0 Å². The van der Waals surface area contributed by atoms with Crippen LogP contribution in [0.15, 0.2) is 27.1 Å². The highest BCUT2D eigenvalue weighted by molar-refractivity contribution is 9.13. The van der Waals surface area contributed by atoms with E-state index in [-0.39, 0.29) is 12.1 Å². The van der Waals surface area contributed by atoms with Gasteiger partial charge in [0.1, 0.15) is 0 Å². The summed E-state index contributed by atoms with van der Waals surface area (Å²) in [5, 5.41) is 13.0. The molecule has 17 heavy (non-hydrogen) atoms. The van der Waals surface area contributed by atoms with E-state index in [0.717, 1.165) is 28.3 Å². The van der Waals surface area contributed by atoms with Gasteiger partial charge in [-0.05, 0) is 62.4 Å². The Bertz CT molecular complexity index is 389. The summed E-state index contributed by atoms with van der Waals surface area (Å²) in [4.78, 5) is 0. The molecule has 1 aliphatic rings. The third-order valence-corrected chi connectivity index (χ3v) is 5.39. The van der Waals surface area contributed by atoms with E-state index in [1.54, 1.807) is 0 Å². The Morgan fingerprint density at radius 3 is 2.47 bits per heavy atom. The van der Waals surface area contributed by atoms with Crippen LogP contribution in [0.2, 0.25) is 0 Å². The van der Waals surface area contributed by atoms with E-state index in [1.807, 2.05) is 6.07 Å². The highest BCUT2D eigenvalue weighted by atomic mass is 79.9. The highest BCUT2D eigenvalue weighted by Crippen LogP contribution is 2.30. The number of hydrogen-bond acceptors (Lipinski definition) is 2. The Morgan fingerprint density at radius 2 is 1.88 bits per heavy atom. The van der Waals surface area contributed by atoms with Crippen LogP contribution in [0.1, 0.15) is 31.2 Å². The van der Waals surface area contributed by atoms with Gasteiger partial charge in [-0.15, -0.1) is 0 Å². The zero-order valence-corrected chi connectivity index (χ0v) is 12.8. The van der Waals surface area contributed by atoms with Crippen LogP contribution in [-0.4, -0.2) is 17.3 Å². The zero-order chi connectivity index (χ0) is 12.3. The SMILES string of the molecule is OCC1(NCc2ccc(Br)c(Br)c2)CCCC1. The third kappa shape index (κ3) is 3.31. The van der Waals surface area contributed by atoms with Gasteiger partial charge >= 0.3 is 0 Å². The standard InChI is InChI=1S/C13H17Br2NO/c14-11-4-3-10(7-12(11)15)8-16-13(9-17)5-1-2-6-13/h3-4,7,16-17H,1-2,5-6,8-9H2. The average Bonchev–Trinajstić information content (AvgIpc) is 2.80. The van der Waals surface area contributed by atoms with Gasteiger partial charge in [0.15, 0.2) is 0 Å². The number of hydrogen-bond donors (Lipinski definition) is 2. The van der Waals surface area contributed by atoms with Crippen molar-refractivity contribution in [1.29, 1.82) is 0 Å². The Balaban J connectivity index is 1.99. The molecular formula is C13H17Br2NO. The topological polar surface area (TPSA) is 32.3 Å². The fraction of sp³-hybridized carbons (Fsp3) is 0.538. The van der Waals surface area contributed by atoms with Crippen molar-refractivity contribution in [3.05, 3.63) is 32.7 Å². The van der Waals surface area contributed by atoms with Crippen molar-refractivity contribution in [1.82, 2.24) is 5.32 Å². The van der Waals surface area contributed by atoms with Gasteiger partial charge in [0.2, 0.25) is 0 Å².